The maximum absolute atomic E-state index is 3.39. The Kier molecular flexibility index (Phi) is 23.3. The summed E-state index contributed by atoms with van der Waals surface area (Å²) in [6, 6.07) is 0. The molecular weight excluding hydrogens is 196 g/mol. The van der Waals surface area contributed by atoms with Gasteiger partial charge < -0.3 is 10.6 Å². The van der Waals surface area contributed by atoms with Gasteiger partial charge in [-0.25, -0.2) is 0 Å². The normalized spacial score (nSPS) is 9.75. The van der Waals surface area contributed by atoms with Crippen molar-refractivity contribution in [3.63, 3.8) is 0 Å². The van der Waals surface area contributed by atoms with Gasteiger partial charge in [-0.2, -0.15) is 0 Å². The Morgan fingerprint density at radius 2 is 0.938 bits per heavy atom. The van der Waals surface area contributed by atoms with Crippen molar-refractivity contribution in [2.45, 2.75) is 66.2 Å². The summed E-state index contributed by atoms with van der Waals surface area (Å²) in [6.07, 6.45) is 7.87. The maximum Gasteiger partial charge on any atom is -0.00490 e. The zero-order valence-corrected chi connectivity index (χ0v) is 12.1. The zero-order chi connectivity index (χ0) is 12.5. The molecule has 2 heteroatoms. The number of hydrogen-bond donors (Lipinski definition) is 2. The maximum atomic E-state index is 3.39. The minimum atomic E-state index is 1.11. The monoisotopic (exact) mass is 230 g/mol. The molecule has 0 unspecified atom stereocenters. The molecule has 0 bridgehead atoms. The molecule has 0 aliphatic heterocycles. The lowest BCUT2D eigenvalue weighted by Crippen LogP contribution is -2.15. The molecule has 0 rings (SSSR count). The van der Waals surface area contributed by atoms with Gasteiger partial charge in [-0.15, -0.1) is 0 Å². The van der Waals surface area contributed by atoms with Gasteiger partial charge in [0.15, 0.2) is 0 Å². The van der Waals surface area contributed by atoms with Gasteiger partial charge in [0.05, 0.1) is 0 Å². The first-order chi connectivity index (χ1) is 7.83. The van der Waals surface area contributed by atoms with Gasteiger partial charge >= 0.3 is 0 Å². The summed E-state index contributed by atoms with van der Waals surface area (Å²) in [6.45, 7) is 13.5. The second-order valence-electron chi connectivity index (χ2n) is 4.16. The number of nitrogens with one attached hydrogen (secondary N) is 2. The number of rotatable bonds is 10. The quantitative estimate of drug-likeness (QED) is 0.561. The second kappa shape index (κ2) is 20.3. The van der Waals surface area contributed by atoms with Gasteiger partial charge in [-0.05, 0) is 45.4 Å². The Morgan fingerprint density at radius 1 is 0.562 bits per heavy atom. The van der Waals surface area contributed by atoms with E-state index in [1.165, 1.54) is 58.2 Å². The van der Waals surface area contributed by atoms with Crippen molar-refractivity contribution in [3.8, 4) is 0 Å². The van der Waals surface area contributed by atoms with Crippen LogP contribution in [0.1, 0.15) is 66.2 Å². The molecule has 0 saturated carbocycles. The summed E-state index contributed by atoms with van der Waals surface area (Å²) in [5.41, 5.74) is 0. The van der Waals surface area contributed by atoms with Crippen molar-refractivity contribution in [1.29, 1.82) is 0 Å². The van der Waals surface area contributed by atoms with Crippen LogP contribution < -0.4 is 10.6 Å². The van der Waals surface area contributed by atoms with Crippen molar-refractivity contribution in [3.05, 3.63) is 0 Å². The molecule has 0 aliphatic carbocycles. The Bertz CT molecular complexity index is 84.7. The molecule has 0 aromatic carbocycles. The van der Waals surface area contributed by atoms with Crippen LogP contribution in [-0.2, 0) is 0 Å². The first kappa shape index (κ1) is 18.3. The van der Waals surface area contributed by atoms with Gasteiger partial charge in [0.2, 0.25) is 0 Å². The zero-order valence-electron chi connectivity index (χ0n) is 12.1. The fraction of sp³-hybridized carbons (Fsp3) is 1.00. The Hall–Kier alpha value is -0.0800. The molecule has 0 aromatic rings. The van der Waals surface area contributed by atoms with Crippen molar-refractivity contribution >= 4 is 0 Å². The summed E-state index contributed by atoms with van der Waals surface area (Å²) >= 11 is 0. The second-order valence-corrected chi connectivity index (χ2v) is 4.16. The molecule has 0 radical (unpaired) electrons. The van der Waals surface area contributed by atoms with Crippen molar-refractivity contribution in [1.82, 2.24) is 10.6 Å². The van der Waals surface area contributed by atoms with Crippen LogP contribution >= 0.6 is 0 Å². The fourth-order valence-electron chi connectivity index (χ4n) is 1.21. The highest BCUT2D eigenvalue weighted by Crippen LogP contribution is 1.85. The number of hydrogen-bond acceptors (Lipinski definition) is 2. The van der Waals surface area contributed by atoms with Crippen LogP contribution in [0.5, 0.6) is 0 Å². The predicted molar refractivity (Wildman–Crippen MR) is 76.1 cm³/mol. The van der Waals surface area contributed by atoms with Crippen LogP contribution in [-0.4, -0.2) is 26.2 Å². The predicted octanol–water partition coefficient (Wildman–Crippen LogP) is 3.57. The average molecular weight is 230 g/mol. The van der Waals surface area contributed by atoms with Crippen LogP contribution in [0.25, 0.3) is 0 Å². The molecule has 2 N–H and O–H groups in total. The standard InChI is InChI=1S/C8H19N.C6H15N/c1-3-5-7-9-8-6-4-2;1-3-5-6-7-4-2/h9H,3-8H2,1-2H3;7H,3-6H2,1-2H3. The molecule has 0 atom stereocenters. The largest absolute Gasteiger partial charge is 0.317 e. The lowest BCUT2D eigenvalue weighted by molar-refractivity contribution is 0.611. The Morgan fingerprint density at radius 3 is 1.25 bits per heavy atom. The van der Waals surface area contributed by atoms with Crippen LogP contribution in [0.4, 0.5) is 0 Å². The van der Waals surface area contributed by atoms with Gasteiger partial charge in [0.1, 0.15) is 0 Å². The summed E-state index contributed by atoms with van der Waals surface area (Å²) in [4.78, 5) is 0. The van der Waals surface area contributed by atoms with Gasteiger partial charge in [0.25, 0.3) is 0 Å². The molecule has 16 heavy (non-hydrogen) atoms. The summed E-state index contributed by atoms with van der Waals surface area (Å²) in [7, 11) is 0. The number of unbranched alkanes of at least 4 members (excludes halogenated alkanes) is 3. The first-order valence-corrected chi connectivity index (χ1v) is 7.24. The molecule has 2 nitrogen and oxygen atoms in total. The van der Waals surface area contributed by atoms with E-state index in [1.54, 1.807) is 0 Å². The third kappa shape index (κ3) is 23.6. The van der Waals surface area contributed by atoms with Crippen LogP contribution in [0.15, 0.2) is 0 Å². The SMILES string of the molecule is CCCCNCC.CCCCNCCCC. The molecule has 0 heterocycles. The lowest BCUT2D eigenvalue weighted by atomic mass is 10.3. The third-order valence-corrected chi connectivity index (χ3v) is 2.37. The smallest absolute Gasteiger partial charge is 0.00490 e. The molecular formula is C14H34N2. The van der Waals surface area contributed by atoms with E-state index in [-0.39, 0.29) is 0 Å². The minimum Gasteiger partial charge on any atom is -0.317 e. The highest BCUT2D eigenvalue weighted by atomic mass is 14.8. The molecule has 0 saturated heterocycles. The van der Waals surface area contributed by atoms with E-state index < -0.39 is 0 Å². The molecule has 0 spiro atoms. The van der Waals surface area contributed by atoms with Gasteiger partial charge in [0, 0.05) is 0 Å². The highest BCUT2D eigenvalue weighted by molar-refractivity contribution is 4.45. The summed E-state index contributed by atoms with van der Waals surface area (Å²) in [5.74, 6) is 0. The first-order valence-electron chi connectivity index (χ1n) is 7.24. The van der Waals surface area contributed by atoms with Crippen LogP contribution in [0.3, 0.4) is 0 Å². The van der Waals surface area contributed by atoms with Gasteiger partial charge in [-0.3, -0.25) is 0 Å². The van der Waals surface area contributed by atoms with Crippen molar-refractivity contribution in [2.75, 3.05) is 26.2 Å². The lowest BCUT2D eigenvalue weighted by Gasteiger charge is -1.99. The molecule has 0 aliphatic rings. The third-order valence-electron chi connectivity index (χ3n) is 2.37. The molecule has 0 fully saturated rings. The van der Waals surface area contributed by atoms with E-state index in [1.807, 2.05) is 0 Å². The Balaban J connectivity index is 0. The molecule has 0 amide bonds. The van der Waals surface area contributed by atoms with E-state index >= 15 is 0 Å². The van der Waals surface area contributed by atoms with E-state index in [0.717, 1.165) is 6.54 Å². The van der Waals surface area contributed by atoms with Crippen LogP contribution in [0, 0.1) is 0 Å². The topological polar surface area (TPSA) is 24.1 Å². The van der Waals surface area contributed by atoms with Gasteiger partial charge in [-0.1, -0.05) is 47.0 Å². The summed E-state index contributed by atoms with van der Waals surface area (Å²) < 4.78 is 0. The highest BCUT2D eigenvalue weighted by Gasteiger charge is 1.83. The van der Waals surface area contributed by atoms with E-state index in [2.05, 4.69) is 38.3 Å². The summed E-state index contributed by atoms with van der Waals surface area (Å²) in [5, 5.41) is 6.64. The van der Waals surface area contributed by atoms with E-state index in [0.29, 0.717) is 0 Å². The van der Waals surface area contributed by atoms with E-state index in [4.69, 9.17) is 0 Å². The van der Waals surface area contributed by atoms with Crippen molar-refractivity contribution < 1.29 is 0 Å². The van der Waals surface area contributed by atoms with Crippen LogP contribution in [0.2, 0.25) is 0 Å². The Labute approximate surface area is 104 Å². The average Bonchev–Trinajstić information content (AvgIpc) is 2.31. The molecule has 0 aromatic heterocycles. The fourth-order valence-corrected chi connectivity index (χ4v) is 1.21. The van der Waals surface area contributed by atoms with Crippen molar-refractivity contribution in [2.24, 2.45) is 0 Å². The van der Waals surface area contributed by atoms with E-state index in [9.17, 15) is 0 Å². The minimum absolute atomic E-state index is 1.11. The molecule has 100 valence electrons.